The number of hydrogen-bond donors (Lipinski definition) is 1. The van der Waals surface area contributed by atoms with Crippen molar-refractivity contribution in [3.63, 3.8) is 0 Å². The Morgan fingerprint density at radius 3 is 2.64 bits per heavy atom. The fourth-order valence-corrected chi connectivity index (χ4v) is 2.40. The number of anilines is 1. The van der Waals surface area contributed by atoms with Crippen molar-refractivity contribution in [2.75, 3.05) is 11.5 Å². The van der Waals surface area contributed by atoms with Crippen LogP contribution in [0, 0.1) is 6.92 Å². The number of nitrogens with zero attached hydrogens (tertiary/aromatic N) is 1. The van der Waals surface area contributed by atoms with Gasteiger partial charge in [-0.05, 0) is 25.0 Å². The van der Waals surface area contributed by atoms with Crippen LogP contribution in [0.15, 0.2) is 17.3 Å². The van der Waals surface area contributed by atoms with Crippen LogP contribution < -0.4 is 5.73 Å². The molecule has 0 aromatic carbocycles. The third-order valence-electron chi connectivity index (χ3n) is 1.92. The number of sulfone groups is 1. The molecule has 0 saturated heterocycles. The van der Waals surface area contributed by atoms with E-state index in [9.17, 15) is 8.42 Å². The number of aromatic nitrogens is 1. The summed E-state index contributed by atoms with van der Waals surface area (Å²) in [6, 6.07) is 1.51. The van der Waals surface area contributed by atoms with Crippen LogP contribution in [0.4, 0.5) is 5.69 Å². The molecule has 0 aliphatic rings. The molecule has 1 aromatic rings. The Morgan fingerprint density at radius 1 is 1.50 bits per heavy atom. The lowest BCUT2D eigenvalue weighted by atomic mass is 10.3. The summed E-state index contributed by atoms with van der Waals surface area (Å²) in [5.74, 6) is 0.128. The number of pyridine rings is 1. The van der Waals surface area contributed by atoms with Crippen molar-refractivity contribution < 1.29 is 8.42 Å². The summed E-state index contributed by atoms with van der Waals surface area (Å²) < 4.78 is 23.2. The molecular formula is C9H14N2O2S. The number of hydrogen-bond acceptors (Lipinski definition) is 4. The van der Waals surface area contributed by atoms with Crippen LogP contribution in [0.2, 0.25) is 0 Å². The minimum Gasteiger partial charge on any atom is -0.397 e. The van der Waals surface area contributed by atoms with E-state index in [-0.39, 0.29) is 10.8 Å². The van der Waals surface area contributed by atoms with Gasteiger partial charge < -0.3 is 5.73 Å². The highest BCUT2D eigenvalue weighted by atomic mass is 32.2. The fraction of sp³-hybridized carbons (Fsp3) is 0.444. The highest BCUT2D eigenvalue weighted by molar-refractivity contribution is 7.91. The van der Waals surface area contributed by atoms with Gasteiger partial charge in [0.1, 0.15) is 0 Å². The molecule has 0 atom stereocenters. The Balaban J connectivity index is 3.15. The van der Waals surface area contributed by atoms with Crippen LogP contribution in [-0.2, 0) is 9.84 Å². The van der Waals surface area contributed by atoms with Crippen LogP contribution in [-0.4, -0.2) is 19.2 Å². The second-order valence-electron chi connectivity index (χ2n) is 3.20. The first-order valence-corrected chi connectivity index (χ1v) is 6.07. The van der Waals surface area contributed by atoms with Crippen LogP contribution in [0.3, 0.4) is 0 Å². The molecule has 1 aromatic heterocycles. The van der Waals surface area contributed by atoms with E-state index in [1.54, 1.807) is 6.92 Å². The summed E-state index contributed by atoms with van der Waals surface area (Å²) in [6.07, 6.45) is 1.98. The van der Waals surface area contributed by atoms with Crippen molar-refractivity contribution in [1.82, 2.24) is 4.98 Å². The maximum atomic E-state index is 11.6. The van der Waals surface area contributed by atoms with E-state index in [1.807, 2.05) is 6.92 Å². The number of nitrogen functional groups attached to an aromatic ring is 1. The van der Waals surface area contributed by atoms with E-state index >= 15 is 0 Å². The fourth-order valence-electron chi connectivity index (χ4n) is 1.08. The average Bonchev–Trinajstić information content (AvgIpc) is 2.09. The van der Waals surface area contributed by atoms with Gasteiger partial charge >= 0.3 is 0 Å². The molecular weight excluding hydrogens is 200 g/mol. The minimum absolute atomic E-state index is 0.117. The number of nitrogens with two attached hydrogens (primary N) is 1. The van der Waals surface area contributed by atoms with Gasteiger partial charge in [-0.25, -0.2) is 13.4 Å². The molecule has 0 saturated carbocycles. The molecule has 0 fully saturated rings. The highest BCUT2D eigenvalue weighted by Gasteiger charge is 2.15. The Bertz CT molecular complexity index is 426. The number of rotatable bonds is 3. The van der Waals surface area contributed by atoms with Crippen molar-refractivity contribution in [2.45, 2.75) is 25.3 Å². The smallest absolute Gasteiger partial charge is 0.195 e. The molecule has 0 aliphatic carbocycles. The lowest BCUT2D eigenvalue weighted by Gasteiger charge is -2.04. The molecule has 14 heavy (non-hydrogen) atoms. The molecule has 1 heterocycles. The highest BCUT2D eigenvalue weighted by Crippen LogP contribution is 2.15. The zero-order chi connectivity index (χ0) is 10.8. The van der Waals surface area contributed by atoms with E-state index in [4.69, 9.17) is 5.73 Å². The lowest BCUT2D eigenvalue weighted by molar-refractivity contribution is 0.591. The van der Waals surface area contributed by atoms with E-state index in [2.05, 4.69) is 4.98 Å². The topological polar surface area (TPSA) is 73.0 Å². The third kappa shape index (κ3) is 2.23. The SMILES string of the molecule is CCCS(=O)(=O)c1cc(C)c(N)cn1. The molecule has 0 radical (unpaired) electrons. The van der Waals surface area contributed by atoms with Crippen LogP contribution in [0.1, 0.15) is 18.9 Å². The van der Waals surface area contributed by atoms with Gasteiger partial charge in [0.2, 0.25) is 0 Å². The Labute approximate surface area is 84.1 Å². The molecule has 2 N–H and O–H groups in total. The van der Waals surface area contributed by atoms with Gasteiger partial charge in [-0.2, -0.15) is 0 Å². The Kier molecular flexibility index (Phi) is 3.10. The molecule has 0 amide bonds. The molecule has 4 nitrogen and oxygen atoms in total. The van der Waals surface area contributed by atoms with Crippen molar-refractivity contribution in [2.24, 2.45) is 0 Å². The maximum absolute atomic E-state index is 11.6. The van der Waals surface area contributed by atoms with Crippen molar-refractivity contribution in [3.05, 3.63) is 17.8 Å². The summed E-state index contributed by atoms with van der Waals surface area (Å²) in [6.45, 7) is 3.59. The summed E-state index contributed by atoms with van der Waals surface area (Å²) >= 11 is 0. The van der Waals surface area contributed by atoms with Gasteiger partial charge in [0.25, 0.3) is 0 Å². The van der Waals surface area contributed by atoms with Gasteiger partial charge in [-0.15, -0.1) is 0 Å². The van der Waals surface area contributed by atoms with Crippen molar-refractivity contribution >= 4 is 15.5 Å². The summed E-state index contributed by atoms with van der Waals surface area (Å²) in [7, 11) is -3.22. The molecule has 0 spiro atoms. The van der Waals surface area contributed by atoms with E-state index in [0.717, 1.165) is 5.56 Å². The van der Waals surface area contributed by atoms with E-state index in [0.29, 0.717) is 12.1 Å². The second kappa shape index (κ2) is 3.96. The predicted molar refractivity (Wildman–Crippen MR) is 55.7 cm³/mol. The largest absolute Gasteiger partial charge is 0.397 e. The monoisotopic (exact) mass is 214 g/mol. The minimum atomic E-state index is -3.22. The quantitative estimate of drug-likeness (QED) is 0.819. The first-order chi connectivity index (χ1) is 6.47. The van der Waals surface area contributed by atoms with E-state index < -0.39 is 9.84 Å². The Hall–Kier alpha value is -1.10. The standard InChI is InChI=1S/C9H14N2O2S/c1-3-4-14(12,13)9-5-7(2)8(10)6-11-9/h5-6H,3-4,10H2,1-2H3. The molecule has 0 unspecified atom stereocenters. The van der Waals surface area contributed by atoms with Crippen molar-refractivity contribution in [3.8, 4) is 0 Å². The van der Waals surface area contributed by atoms with Gasteiger partial charge in [0.05, 0.1) is 17.6 Å². The Morgan fingerprint density at radius 2 is 2.14 bits per heavy atom. The van der Waals surface area contributed by atoms with Crippen molar-refractivity contribution in [1.29, 1.82) is 0 Å². The molecule has 0 aliphatic heterocycles. The van der Waals surface area contributed by atoms with E-state index in [1.165, 1.54) is 12.3 Å². The third-order valence-corrected chi connectivity index (χ3v) is 3.72. The summed E-state index contributed by atoms with van der Waals surface area (Å²) in [5.41, 5.74) is 6.81. The van der Waals surface area contributed by atoms with Crippen LogP contribution in [0.25, 0.3) is 0 Å². The zero-order valence-corrected chi connectivity index (χ0v) is 9.13. The van der Waals surface area contributed by atoms with Gasteiger partial charge in [-0.3, -0.25) is 0 Å². The van der Waals surface area contributed by atoms with Gasteiger partial charge in [0.15, 0.2) is 14.9 Å². The summed E-state index contributed by atoms with van der Waals surface area (Å²) in [4.78, 5) is 3.82. The first-order valence-electron chi connectivity index (χ1n) is 4.42. The van der Waals surface area contributed by atoms with Gasteiger partial charge in [-0.1, -0.05) is 6.92 Å². The molecule has 78 valence electrons. The molecule has 1 rings (SSSR count). The van der Waals surface area contributed by atoms with Crippen LogP contribution >= 0.6 is 0 Å². The summed E-state index contributed by atoms with van der Waals surface area (Å²) in [5, 5.41) is 0.117. The number of aryl methyl sites for hydroxylation is 1. The maximum Gasteiger partial charge on any atom is 0.195 e. The second-order valence-corrected chi connectivity index (χ2v) is 5.25. The molecule has 0 bridgehead atoms. The zero-order valence-electron chi connectivity index (χ0n) is 8.32. The average molecular weight is 214 g/mol. The lowest BCUT2D eigenvalue weighted by Crippen LogP contribution is -2.08. The first kappa shape index (κ1) is 11.0. The van der Waals surface area contributed by atoms with Gasteiger partial charge in [0, 0.05) is 0 Å². The molecule has 5 heteroatoms. The predicted octanol–water partition coefficient (Wildman–Crippen LogP) is 1.16. The van der Waals surface area contributed by atoms with Crippen LogP contribution in [0.5, 0.6) is 0 Å². The normalized spacial score (nSPS) is 11.6.